The molecule has 1 aliphatic heterocycles. The number of aromatic nitrogens is 1. The quantitative estimate of drug-likeness (QED) is 0.744. The molecule has 2 heterocycles. The molecule has 0 aromatic carbocycles. The van der Waals surface area contributed by atoms with E-state index in [9.17, 15) is 9.90 Å². The number of nitrogens with zero attached hydrogens (tertiary/aromatic N) is 1. The smallest absolute Gasteiger partial charge is 0.255 e. The zero-order valence-electron chi connectivity index (χ0n) is 10.5. The van der Waals surface area contributed by atoms with Crippen LogP contribution in [0.4, 0.5) is 0 Å². The lowest BCUT2D eigenvalue weighted by Crippen LogP contribution is -2.42. The SMILES string of the molecule is CC(NC(=O)c1ccncc1O)C1CCNCC1. The molecular formula is C13H19N3O2. The summed E-state index contributed by atoms with van der Waals surface area (Å²) in [6.07, 6.45) is 4.93. The molecule has 3 N–H and O–H groups in total. The highest BCUT2D eigenvalue weighted by atomic mass is 16.3. The number of aromatic hydroxyl groups is 1. The Hall–Kier alpha value is -1.62. The van der Waals surface area contributed by atoms with Crippen molar-refractivity contribution in [3.8, 4) is 5.75 Å². The van der Waals surface area contributed by atoms with Gasteiger partial charge in [0.15, 0.2) is 0 Å². The molecule has 0 saturated carbocycles. The van der Waals surface area contributed by atoms with Crippen LogP contribution in [0.5, 0.6) is 5.75 Å². The van der Waals surface area contributed by atoms with Crippen molar-refractivity contribution in [1.29, 1.82) is 0 Å². The van der Waals surface area contributed by atoms with Gasteiger partial charge in [0.05, 0.1) is 11.8 Å². The molecule has 1 amide bonds. The number of carbonyl (C=O) groups is 1. The van der Waals surface area contributed by atoms with Crippen LogP contribution in [-0.4, -0.2) is 35.1 Å². The maximum absolute atomic E-state index is 12.0. The summed E-state index contributed by atoms with van der Waals surface area (Å²) in [5.41, 5.74) is 0.283. The predicted molar refractivity (Wildman–Crippen MR) is 68.4 cm³/mol. The minimum Gasteiger partial charge on any atom is -0.505 e. The van der Waals surface area contributed by atoms with Gasteiger partial charge < -0.3 is 15.7 Å². The zero-order chi connectivity index (χ0) is 13.0. The van der Waals surface area contributed by atoms with E-state index in [0.717, 1.165) is 25.9 Å². The third-order valence-corrected chi connectivity index (χ3v) is 3.49. The predicted octanol–water partition coefficient (Wildman–Crippen LogP) is 0.905. The molecule has 18 heavy (non-hydrogen) atoms. The number of amides is 1. The lowest BCUT2D eigenvalue weighted by Gasteiger charge is -2.28. The van der Waals surface area contributed by atoms with Crippen molar-refractivity contribution in [3.63, 3.8) is 0 Å². The van der Waals surface area contributed by atoms with Gasteiger partial charge in [-0.2, -0.15) is 0 Å². The highest BCUT2D eigenvalue weighted by Crippen LogP contribution is 2.18. The second-order valence-corrected chi connectivity index (χ2v) is 4.74. The summed E-state index contributed by atoms with van der Waals surface area (Å²) < 4.78 is 0. The molecule has 1 aromatic heterocycles. The van der Waals surface area contributed by atoms with Gasteiger partial charge in [0.2, 0.25) is 0 Å². The average molecular weight is 249 g/mol. The standard InChI is InChI=1S/C13H19N3O2/c1-9(10-2-5-14-6-3-10)16-13(18)11-4-7-15-8-12(11)17/h4,7-10,14,17H,2-3,5-6H2,1H3,(H,16,18). The topological polar surface area (TPSA) is 74.2 Å². The zero-order valence-corrected chi connectivity index (χ0v) is 10.5. The molecular weight excluding hydrogens is 230 g/mol. The van der Waals surface area contributed by atoms with Crippen molar-refractivity contribution >= 4 is 5.91 Å². The number of pyridine rings is 1. The Bertz CT molecular complexity index is 416. The first-order chi connectivity index (χ1) is 8.68. The van der Waals surface area contributed by atoms with Crippen molar-refractivity contribution in [2.75, 3.05) is 13.1 Å². The number of hydrogen-bond acceptors (Lipinski definition) is 4. The van der Waals surface area contributed by atoms with E-state index in [1.165, 1.54) is 18.5 Å². The molecule has 1 saturated heterocycles. The molecule has 98 valence electrons. The van der Waals surface area contributed by atoms with Gasteiger partial charge in [-0.05, 0) is 44.8 Å². The van der Waals surface area contributed by atoms with Crippen LogP contribution in [0.15, 0.2) is 18.5 Å². The summed E-state index contributed by atoms with van der Waals surface area (Å²) in [7, 11) is 0. The summed E-state index contributed by atoms with van der Waals surface area (Å²) in [6, 6.07) is 1.65. The Balaban J connectivity index is 1.96. The van der Waals surface area contributed by atoms with Gasteiger partial charge in [0.1, 0.15) is 5.75 Å². The van der Waals surface area contributed by atoms with Gasteiger partial charge >= 0.3 is 0 Å². The molecule has 2 rings (SSSR count). The third kappa shape index (κ3) is 2.98. The molecule has 0 aliphatic carbocycles. The summed E-state index contributed by atoms with van der Waals surface area (Å²) in [6.45, 7) is 4.03. The lowest BCUT2D eigenvalue weighted by molar-refractivity contribution is 0.0918. The van der Waals surface area contributed by atoms with E-state index in [1.807, 2.05) is 6.92 Å². The molecule has 5 heteroatoms. The highest BCUT2D eigenvalue weighted by Gasteiger charge is 2.22. The number of nitrogens with one attached hydrogen (secondary N) is 2. The molecule has 1 unspecified atom stereocenters. The van der Waals surface area contributed by atoms with Crippen LogP contribution in [0.3, 0.4) is 0 Å². The van der Waals surface area contributed by atoms with E-state index >= 15 is 0 Å². The lowest BCUT2D eigenvalue weighted by atomic mass is 9.91. The molecule has 1 fully saturated rings. The Morgan fingerprint density at radius 2 is 2.28 bits per heavy atom. The van der Waals surface area contributed by atoms with Crippen molar-refractivity contribution in [1.82, 2.24) is 15.6 Å². The fourth-order valence-corrected chi connectivity index (χ4v) is 2.32. The van der Waals surface area contributed by atoms with Crippen LogP contribution in [0.25, 0.3) is 0 Å². The summed E-state index contributed by atoms with van der Waals surface area (Å²) in [4.78, 5) is 15.8. The Morgan fingerprint density at radius 3 is 2.94 bits per heavy atom. The fraction of sp³-hybridized carbons (Fsp3) is 0.538. The van der Waals surface area contributed by atoms with Crippen molar-refractivity contribution in [2.24, 2.45) is 5.92 Å². The van der Waals surface area contributed by atoms with Gasteiger partial charge in [0, 0.05) is 12.2 Å². The number of hydrogen-bond donors (Lipinski definition) is 3. The second-order valence-electron chi connectivity index (χ2n) is 4.74. The first-order valence-corrected chi connectivity index (χ1v) is 6.33. The summed E-state index contributed by atoms with van der Waals surface area (Å²) in [5, 5.41) is 15.8. The Kier molecular flexibility index (Phi) is 4.15. The van der Waals surface area contributed by atoms with Gasteiger partial charge in [0.25, 0.3) is 5.91 Å². The van der Waals surface area contributed by atoms with Gasteiger partial charge in [-0.15, -0.1) is 0 Å². The van der Waals surface area contributed by atoms with Gasteiger partial charge in [-0.3, -0.25) is 9.78 Å². The van der Waals surface area contributed by atoms with Gasteiger partial charge in [-0.1, -0.05) is 0 Å². The summed E-state index contributed by atoms with van der Waals surface area (Å²) >= 11 is 0. The van der Waals surface area contributed by atoms with Crippen molar-refractivity contribution < 1.29 is 9.90 Å². The molecule has 1 aromatic rings. The van der Waals surface area contributed by atoms with Crippen LogP contribution in [0.1, 0.15) is 30.1 Å². The van der Waals surface area contributed by atoms with E-state index in [4.69, 9.17) is 0 Å². The second kappa shape index (κ2) is 5.82. The largest absolute Gasteiger partial charge is 0.505 e. The molecule has 0 spiro atoms. The van der Waals surface area contributed by atoms with E-state index in [0.29, 0.717) is 5.92 Å². The molecule has 0 bridgehead atoms. The third-order valence-electron chi connectivity index (χ3n) is 3.49. The van der Waals surface area contributed by atoms with E-state index in [1.54, 1.807) is 0 Å². The number of carbonyl (C=O) groups excluding carboxylic acids is 1. The maximum Gasteiger partial charge on any atom is 0.255 e. The highest BCUT2D eigenvalue weighted by molar-refractivity contribution is 5.96. The first-order valence-electron chi connectivity index (χ1n) is 6.33. The van der Waals surface area contributed by atoms with Crippen molar-refractivity contribution in [2.45, 2.75) is 25.8 Å². The molecule has 5 nitrogen and oxygen atoms in total. The monoisotopic (exact) mass is 249 g/mol. The first kappa shape index (κ1) is 12.8. The normalized spacial score (nSPS) is 18.3. The minimum atomic E-state index is -0.235. The van der Waals surface area contributed by atoms with Gasteiger partial charge in [-0.25, -0.2) is 0 Å². The van der Waals surface area contributed by atoms with E-state index in [2.05, 4.69) is 15.6 Å². The van der Waals surface area contributed by atoms with Crippen LogP contribution in [-0.2, 0) is 0 Å². The maximum atomic E-state index is 12.0. The minimum absolute atomic E-state index is 0.0764. The Labute approximate surface area is 107 Å². The van der Waals surface area contributed by atoms with Crippen LogP contribution in [0.2, 0.25) is 0 Å². The Morgan fingerprint density at radius 1 is 1.56 bits per heavy atom. The average Bonchev–Trinajstić information content (AvgIpc) is 2.40. The van der Waals surface area contributed by atoms with Crippen LogP contribution >= 0.6 is 0 Å². The summed E-state index contributed by atoms with van der Waals surface area (Å²) in [5.74, 6) is 0.188. The molecule has 1 atom stereocenters. The molecule has 0 radical (unpaired) electrons. The molecule has 1 aliphatic rings. The number of rotatable bonds is 3. The van der Waals surface area contributed by atoms with Crippen LogP contribution in [0, 0.1) is 5.92 Å². The van der Waals surface area contributed by atoms with E-state index in [-0.39, 0.29) is 23.3 Å². The number of piperidine rings is 1. The fourth-order valence-electron chi connectivity index (χ4n) is 2.32. The van der Waals surface area contributed by atoms with Crippen molar-refractivity contribution in [3.05, 3.63) is 24.0 Å². The van der Waals surface area contributed by atoms with E-state index < -0.39 is 0 Å². The van der Waals surface area contributed by atoms with Crippen LogP contribution < -0.4 is 10.6 Å².